The number of hydrogen-bond donors (Lipinski definition) is 0. The molecule has 1 aliphatic heterocycles. The number of aromatic nitrogens is 6. The SMILES string of the molecule is Cc1nnc2ccc(N3CC(N(C)S(=O)(=O)c4cccc5nsnc45)C3)nn12. The Balaban J connectivity index is 1.37. The monoisotopic (exact) mass is 416 g/mol. The van der Waals surface area contributed by atoms with E-state index in [9.17, 15) is 8.42 Å². The van der Waals surface area contributed by atoms with Crippen molar-refractivity contribution in [3.8, 4) is 0 Å². The number of nitrogens with zero attached hydrogens (tertiary/aromatic N) is 8. The highest BCUT2D eigenvalue weighted by Crippen LogP contribution is 2.28. The van der Waals surface area contributed by atoms with Crippen LogP contribution < -0.4 is 4.90 Å². The van der Waals surface area contributed by atoms with Crippen molar-refractivity contribution in [1.29, 1.82) is 0 Å². The molecule has 1 saturated heterocycles. The topological polar surface area (TPSA) is 109 Å². The third-order valence-corrected chi connectivity index (χ3v) is 7.50. The molecule has 3 aromatic heterocycles. The molecule has 0 saturated carbocycles. The van der Waals surface area contributed by atoms with Gasteiger partial charge in [-0.1, -0.05) is 6.07 Å². The number of hydrogen-bond acceptors (Lipinski definition) is 9. The fraction of sp³-hybridized carbons (Fsp3) is 0.312. The summed E-state index contributed by atoms with van der Waals surface area (Å²) in [6.45, 7) is 2.95. The summed E-state index contributed by atoms with van der Waals surface area (Å²) in [6.07, 6.45) is 0. The number of aryl methyl sites for hydroxylation is 1. The van der Waals surface area contributed by atoms with Gasteiger partial charge in [-0.2, -0.15) is 17.6 Å². The molecule has 0 spiro atoms. The van der Waals surface area contributed by atoms with E-state index in [4.69, 9.17) is 0 Å². The van der Waals surface area contributed by atoms with Crippen LogP contribution in [-0.4, -0.2) is 67.5 Å². The second kappa shape index (κ2) is 6.15. The molecular formula is C16H16N8O2S2. The van der Waals surface area contributed by atoms with Crippen LogP contribution in [0.4, 0.5) is 5.82 Å². The first-order valence-corrected chi connectivity index (χ1v) is 10.8. The molecule has 0 unspecified atom stereocenters. The molecule has 5 rings (SSSR count). The van der Waals surface area contributed by atoms with Crippen molar-refractivity contribution in [1.82, 2.24) is 32.9 Å². The van der Waals surface area contributed by atoms with Gasteiger partial charge in [0.05, 0.1) is 17.8 Å². The van der Waals surface area contributed by atoms with E-state index in [0.717, 1.165) is 17.5 Å². The van der Waals surface area contributed by atoms with Crippen molar-refractivity contribution in [2.45, 2.75) is 17.9 Å². The first kappa shape index (κ1) is 17.4. The minimum atomic E-state index is -3.67. The number of fused-ring (bicyclic) bond motifs is 2. The molecule has 0 bridgehead atoms. The highest BCUT2D eigenvalue weighted by atomic mass is 32.2. The summed E-state index contributed by atoms with van der Waals surface area (Å²) in [5, 5.41) is 12.6. The van der Waals surface area contributed by atoms with Gasteiger partial charge in [0.2, 0.25) is 10.0 Å². The quantitative estimate of drug-likeness (QED) is 0.484. The Bertz CT molecular complexity index is 1290. The molecule has 4 heterocycles. The summed E-state index contributed by atoms with van der Waals surface area (Å²) in [4.78, 5) is 2.22. The van der Waals surface area contributed by atoms with E-state index in [2.05, 4.69) is 24.0 Å². The van der Waals surface area contributed by atoms with Crippen molar-refractivity contribution in [2.75, 3.05) is 25.0 Å². The first-order valence-electron chi connectivity index (χ1n) is 8.58. The van der Waals surface area contributed by atoms with Gasteiger partial charge in [0.25, 0.3) is 0 Å². The van der Waals surface area contributed by atoms with Gasteiger partial charge in [-0.15, -0.1) is 15.3 Å². The van der Waals surface area contributed by atoms with Crippen molar-refractivity contribution in [2.24, 2.45) is 0 Å². The molecule has 0 aliphatic carbocycles. The fourth-order valence-corrected chi connectivity index (χ4v) is 5.36. The number of sulfonamides is 1. The van der Waals surface area contributed by atoms with Crippen molar-refractivity contribution in [3.05, 3.63) is 36.2 Å². The van der Waals surface area contributed by atoms with E-state index in [1.807, 2.05) is 24.0 Å². The molecule has 144 valence electrons. The first-order chi connectivity index (χ1) is 13.4. The molecule has 0 radical (unpaired) electrons. The van der Waals surface area contributed by atoms with Crippen molar-refractivity contribution >= 4 is 44.2 Å². The maximum atomic E-state index is 13.1. The van der Waals surface area contributed by atoms with Crippen LogP contribution in [-0.2, 0) is 10.0 Å². The Hall–Kier alpha value is -2.70. The maximum Gasteiger partial charge on any atom is 0.245 e. The van der Waals surface area contributed by atoms with E-state index >= 15 is 0 Å². The molecule has 0 amide bonds. The highest BCUT2D eigenvalue weighted by molar-refractivity contribution is 7.89. The zero-order valence-electron chi connectivity index (χ0n) is 15.1. The van der Waals surface area contributed by atoms with Crippen LogP contribution >= 0.6 is 11.7 Å². The lowest BCUT2D eigenvalue weighted by atomic mass is 10.1. The molecular weight excluding hydrogens is 400 g/mol. The van der Waals surface area contributed by atoms with E-state index < -0.39 is 10.0 Å². The van der Waals surface area contributed by atoms with Gasteiger partial charge in [-0.25, -0.2) is 8.42 Å². The second-order valence-corrected chi connectivity index (χ2v) is 9.17. The minimum Gasteiger partial charge on any atom is -0.352 e. The summed E-state index contributed by atoms with van der Waals surface area (Å²) >= 11 is 1.01. The predicted molar refractivity (Wildman–Crippen MR) is 104 cm³/mol. The standard InChI is InChI=1S/C16H16N8O2S2/c1-10-17-18-14-6-7-15(19-24(10)14)23-8-11(9-23)22(2)28(25,26)13-5-3-4-12-16(13)21-27-20-12/h3-7,11H,8-9H2,1-2H3. The van der Waals surface area contributed by atoms with E-state index in [0.29, 0.717) is 35.6 Å². The molecule has 12 heteroatoms. The normalized spacial score (nSPS) is 15.6. The smallest absolute Gasteiger partial charge is 0.245 e. The van der Waals surface area contributed by atoms with Crippen molar-refractivity contribution < 1.29 is 8.42 Å². The largest absolute Gasteiger partial charge is 0.352 e. The lowest BCUT2D eigenvalue weighted by molar-refractivity contribution is 0.309. The van der Waals surface area contributed by atoms with Crippen LogP contribution in [0, 0.1) is 6.92 Å². The molecule has 1 aromatic carbocycles. The average molecular weight is 416 g/mol. The van der Waals surface area contributed by atoms with Crippen LogP contribution in [0.5, 0.6) is 0 Å². The highest BCUT2D eigenvalue weighted by Gasteiger charge is 2.38. The Labute approximate surface area is 164 Å². The summed E-state index contributed by atoms with van der Waals surface area (Å²) in [5.74, 6) is 1.47. The molecule has 10 nitrogen and oxygen atoms in total. The summed E-state index contributed by atoms with van der Waals surface area (Å²) in [5.41, 5.74) is 1.70. The molecule has 0 atom stereocenters. The minimum absolute atomic E-state index is 0.147. The fourth-order valence-electron chi connectivity index (χ4n) is 3.27. The zero-order chi connectivity index (χ0) is 19.5. The van der Waals surface area contributed by atoms with Gasteiger partial charge in [-0.3, -0.25) is 0 Å². The van der Waals surface area contributed by atoms with Crippen LogP contribution in [0.25, 0.3) is 16.7 Å². The number of likely N-dealkylation sites (N-methyl/N-ethyl adjacent to an activating group) is 1. The second-order valence-electron chi connectivity index (χ2n) is 6.68. The number of anilines is 1. The Morgan fingerprint density at radius 3 is 2.79 bits per heavy atom. The number of rotatable bonds is 4. The molecule has 0 N–H and O–H groups in total. The van der Waals surface area contributed by atoms with E-state index in [1.54, 1.807) is 29.8 Å². The van der Waals surface area contributed by atoms with Crippen LogP contribution in [0.15, 0.2) is 35.2 Å². The van der Waals surface area contributed by atoms with Gasteiger partial charge in [0.15, 0.2) is 11.5 Å². The average Bonchev–Trinajstić information content (AvgIpc) is 3.27. The van der Waals surface area contributed by atoms with E-state index in [-0.39, 0.29) is 10.9 Å². The van der Waals surface area contributed by atoms with Gasteiger partial charge >= 0.3 is 0 Å². The Morgan fingerprint density at radius 1 is 1.14 bits per heavy atom. The Kier molecular flexibility index (Phi) is 3.82. The lowest BCUT2D eigenvalue weighted by Gasteiger charge is -2.43. The molecule has 28 heavy (non-hydrogen) atoms. The summed E-state index contributed by atoms with van der Waals surface area (Å²) < 4.78 is 37.6. The molecule has 1 aliphatic rings. The van der Waals surface area contributed by atoms with Crippen LogP contribution in [0.1, 0.15) is 5.82 Å². The van der Waals surface area contributed by atoms with Gasteiger partial charge in [-0.05, 0) is 31.2 Å². The van der Waals surface area contributed by atoms with Gasteiger partial charge in [0.1, 0.15) is 21.7 Å². The van der Waals surface area contributed by atoms with E-state index in [1.165, 1.54) is 4.31 Å². The third-order valence-electron chi connectivity index (χ3n) is 5.01. The Morgan fingerprint density at radius 2 is 1.96 bits per heavy atom. The van der Waals surface area contributed by atoms with Gasteiger partial charge in [0, 0.05) is 20.1 Å². The zero-order valence-corrected chi connectivity index (χ0v) is 16.7. The molecule has 1 fully saturated rings. The molecule has 4 aromatic rings. The van der Waals surface area contributed by atoms with Gasteiger partial charge < -0.3 is 4.90 Å². The predicted octanol–water partition coefficient (Wildman–Crippen LogP) is 0.947. The third kappa shape index (κ3) is 2.56. The maximum absolute atomic E-state index is 13.1. The lowest BCUT2D eigenvalue weighted by Crippen LogP contribution is -2.60. The van der Waals surface area contributed by atoms with Crippen LogP contribution in [0.2, 0.25) is 0 Å². The van der Waals surface area contributed by atoms with Crippen molar-refractivity contribution in [3.63, 3.8) is 0 Å². The summed E-state index contributed by atoms with van der Waals surface area (Å²) in [6, 6.07) is 8.61. The number of benzene rings is 1. The summed E-state index contributed by atoms with van der Waals surface area (Å²) in [7, 11) is -2.06. The van der Waals surface area contributed by atoms with Crippen LogP contribution in [0.3, 0.4) is 0 Å².